The molecule has 0 radical (unpaired) electrons. The molecule has 0 aliphatic carbocycles. The van der Waals surface area contributed by atoms with Gasteiger partial charge in [0.2, 0.25) is 17.8 Å². The molecule has 1 aromatic carbocycles. The molecule has 0 unspecified atom stereocenters. The summed E-state index contributed by atoms with van der Waals surface area (Å²) in [6.45, 7) is 6.01. The minimum absolute atomic E-state index is 0.0725. The number of thioether (sulfide) groups is 1. The molecular formula is C23H32N6O5S. The first-order chi connectivity index (χ1) is 17.2. The summed E-state index contributed by atoms with van der Waals surface area (Å²) in [6, 6.07) is 5.75. The van der Waals surface area contributed by atoms with Crippen molar-refractivity contribution in [2.24, 2.45) is 0 Å². The fourth-order valence-corrected chi connectivity index (χ4v) is 4.43. The predicted molar refractivity (Wildman–Crippen MR) is 133 cm³/mol. The van der Waals surface area contributed by atoms with Crippen LogP contribution in [0.25, 0.3) is 0 Å². The van der Waals surface area contributed by atoms with Crippen molar-refractivity contribution >= 4 is 29.6 Å². The lowest BCUT2D eigenvalue weighted by Gasteiger charge is -2.30. The van der Waals surface area contributed by atoms with Gasteiger partial charge in [-0.15, -0.1) is 0 Å². The quantitative estimate of drug-likeness (QED) is 0.468. The fraction of sp³-hybridized carbons (Fsp3) is 0.565. The lowest BCUT2D eigenvalue weighted by molar-refractivity contribution is -0.118. The van der Waals surface area contributed by atoms with Gasteiger partial charge in [-0.25, -0.2) is 0 Å². The maximum absolute atomic E-state index is 12.5. The number of rotatable bonds is 10. The van der Waals surface area contributed by atoms with Gasteiger partial charge in [0.05, 0.1) is 46.4 Å². The van der Waals surface area contributed by atoms with Crippen molar-refractivity contribution in [1.82, 2.24) is 20.3 Å². The molecule has 2 fully saturated rings. The zero-order chi connectivity index (χ0) is 24.5. The third-order valence-corrected chi connectivity index (χ3v) is 6.54. The Kier molecular flexibility index (Phi) is 9.21. The summed E-state index contributed by atoms with van der Waals surface area (Å²) in [5.41, 5.74) is 1.05. The number of methoxy groups -OCH3 is 2. The molecule has 1 N–H and O–H groups in total. The molecular weight excluding hydrogens is 472 g/mol. The number of ether oxygens (including phenoxy) is 4. The maximum Gasteiger partial charge on any atom is 0.231 e. The first kappa shape index (κ1) is 25.3. The molecule has 2 aliphatic rings. The van der Waals surface area contributed by atoms with Crippen LogP contribution in [0.15, 0.2) is 23.4 Å². The van der Waals surface area contributed by atoms with Crippen LogP contribution in [0.5, 0.6) is 11.5 Å². The Hall–Kier alpha value is -2.83. The van der Waals surface area contributed by atoms with Crippen LogP contribution in [0, 0.1) is 0 Å². The topological polar surface area (TPSA) is 111 Å². The minimum Gasteiger partial charge on any atom is -0.493 e. The highest BCUT2D eigenvalue weighted by Crippen LogP contribution is 2.27. The molecule has 0 saturated carbocycles. The normalized spacial score (nSPS) is 16.2. The lowest BCUT2D eigenvalue weighted by Crippen LogP contribution is -2.40. The average molecular weight is 505 g/mol. The van der Waals surface area contributed by atoms with Crippen molar-refractivity contribution in [1.29, 1.82) is 0 Å². The first-order valence-electron chi connectivity index (χ1n) is 11.7. The van der Waals surface area contributed by atoms with Crippen LogP contribution in [-0.2, 0) is 20.7 Å². The van der Waals surface area contributed by atoms with Gasteiger partial charge in [-0.05, 0) is 24.1 Å². The Labute approximate surface area is 209 Å². The highest BCUT2D eigenvalue weighted by Gasteiger charge is 2.21. The van der Waals surface area contributed by atoms with Gasteiger partial charge in [0, 0.05) is 32.7 Å². The molecule has 1 aromatic heterocycles. The smallest absolute Gasteiger partial charge is 0.231 e. The predicted octanol–water partition coefficient (Wildman–Crippen LogP) is 1.01. The van der Waals surface area contributed by atoms with Crippen LogP contribution in [0.2, 0.25) is 0 Å². The second-order valence-corrected chi connectivity index (χ2v) is 8.94. The second kappa shape index (κ2) is 12.8. The minimum atomic E-state index is -0.0725. The molecule has 3 heterocycles. The van der Waals surface area contributed by atoms with E-state index in [0.717, 1.165) is 31.7 Å². The summed E-state index contributed by atoms with van der Waals surface area (Å²) in [5, 5.41) is 3.51. The van der Waals surface area contributed by atoms with E-state index in [2.05, 4.69) is 25.1 Å². The van der Waals surface area contributed by atoms with Gasteiger partial charge in [-0.1, -0.05) is 17.8 Å². The molecule has 11 nitrogen and oxygen atoms in total. The molecule has 2 aliphatic heterocycles. The fourth-order valence-electron chi connectivity index (χ4n) is 3.77. The molecule has 1 amide bonds. The Morgan fingerprint density at radius 3 is 2.11 bits per heavy atom. The standard InChI is InChI=1S/C23H32N6O5S/c1-31-18-4-3-17(15-19(18)32-2)5-6-24-20(30)16-35-23-26-21(28-7-11-33-12-8-28)25-22(27-23)29-9-13-34-14-10-29/h3-4,15H,5-14,16H2,1-2H3,(H,24,30). The van der Waals surface area contributed by atoms with Crippen molar-refractivity contribution in [2.45, 2.75) is 11.6 Å². The molecule has 0 spiro atoms. The molecule has 4 rings (SSSR count). The Morgan fingerprint density at radius 1 is 0.943 bits per heavy atom. The zero-order valence-electron chi connectivity index (χ0n) is 20.2. The van der Waals surface area contributed by atoms with E-state index in [1.807, 2.05) is 18.2 Å². The number of anilines is 2. The van der Waals surface area contributed by atoms with E-state index in [9.17, 15) is 4.79 Å². The number of amides is 1. The van der Waals surface area contributed by atoms with Gasteiger partial charge in [-0.2, -0.15) is 15.0 Å². The summed E-state index contributed by atoms with van der Waals surface area (Å²) in [6.07, 6.45) is 0.685. The Bertz CT molecular complexity index is 949. The maximum atomic E-state index is 12.5. The zero-order valence-corrected chi connectivity index (χ0v) is 21.0. The van der Waals surface area contributed by atoms with E-state index < -0.39 is 0 Å². The summed E-state index contributed by atoms with van der Waals surface area (Å²) in [4.78, 5) is 30.7. The second-order valence-electron chi connectivity index (χ2n) is 7.99. The van der Waals surface area contributed by atoms with Crippen molar-refractivity contribution < 1.29 is 23.7 Å². The number of hydrogen-bond donors (Lipinski definition) is 1. The summed E-state index contributed by atoms with van der Waals surface area (Å²) < 4.78 is 21.5. The van der Waals surface area contributed by atoms with E-state index in [-0.39, 0.29) is 11.7 Å². The molecule has 0 atom stereocenters. The van der Waals surface area contributed by atoms with Crippen molar-refractivity contribution in [3.05, 3.63) is 23.8 Å². The third-order valence-electron chi connectivity index (χ3n) is 5.70. The average Bonchev–Trinajstić information content (AvgIpc) is 2.92. The number of carbonyl (C=O) groups is 1. The first-order valence-corrected chi connectivity index (χ1v) is 12.7. The largest absolute Gasteiger partial charge is 0.493 e. The van der Waals surface area contributed by atoms with Crippen molar-refractivity contribution in [3.8, 4) is 11.5 Å². The monoisotopic (exact) mass is 504 g/mol. The number of carbonyl (C=O) groups excluding carboxylic acids is 1. The van der Waals surface area contributed by atoms with Crippen molar-refractivity contribution in [2.75, 3.05) is 88.9 Å². The van der Waals surface area contributed by atoms with Gasteiger partial charge in [0.25, 0.3) is 0 Å². The number of aromatic nitrogens is 3. The van der Waals surface area contributed by atoms with Crippen molar-refractivity contribution in [3.63, 3.8) is 0 Å². The molecule has 190 valence electrons. The molecule has 0 bridgehead atoms. The number of benzene rings is 1. The van der Waals surface area contributed by atoms with Crippen LogP contribution in [0.4, 0.5) is 11.9 Å². The van der Waals surface area contributed by atoms with Crippen LogP contribution in [-0.4, -0.2) is 100.0 Å². The Balaban J connectivity index is 1.34. The molecule has 2 aromatic rings. The highest BCUT2D eigenvalue weighted by molar-refractivity contribution is 7.99. The van der Waals surface area contributed by atoms with Crippen LogP contribution >= 0.6 is 11.8 Å². The van der Waals surface area contributed by atoms with E-state index in [1.54, 1.807) is 14.2 Å². The van der Waals surface area contributed by atoms with E-state index in [1.165, 1.54) is 11.8 Å². The molecule has 35 heavy (non-hydrogen) atoms. The molecule has 2 saturated heterocycles. The number of hydrogen-bond acceptors (Lipinski definition) is 11. The number of nitrogens with zero attached hydrogens (tertiary/aromatic N) is 5. The van der Waals surface area contributed by atoms with Gasteiger partial charge >= 0.3 is 0 Å². The van der Waals surface area contributed by atoms with Crippen LogP contribution in [0.1, 0.15) is 5.56 Å². The van der Waals surface area contributed by atoms with Gasteiger partial charge < -0.3 is 34.1 Å². The van der Waals surface area contributed by atoms with Gasteiger partial charge in [-0.3, -0.25) is 4.79 Å². The Morgan fingerprint density at radius 2 is 1.54 bits per heavy atom. The van der Waals surface area contributed by atoms with Crippen LogP contribution < -0.4 is 24.6 Å². The highest BCUT2D eigenvalue weighted by atomic mass is 32.2. The van der Waals surface area contributed by atoms with Crippen LogP contribution in [0.3, 0.4) is 0 Å². The lowest BCUT2D eigenvalue weighted by atomic mass is 10.1. The summed E-state index contributed by atoms with van der Waals surface area (Å²) in [7, 11) is 3.21. The van der Waals surface area contributed by atoms with E-state index in [4.69, 9.17) is 23.9 Å². The SMILES string of the molecule is COc1ccc(CCNC(=O)CSc2nc(N3CCOCC3)nc(N3CCOCC3)n2)cc1OC. The third kappa shape index (κ3) is 7.09. The summed E-state index contributed by atoms with van der Waals surface area (Å²) >= 11 is 1.32. The number of nitrogens with one attached hydrogen (secondary N) is 1. The summed E-state index contributed by atoms with van der Waals surface area (Å²) in [5.74, 6) is 2.76. The van der Waals surface area contributed by atoms with Gasteiger partial charge in [0.1, 0.15) is 0 Å². The number of morpholine rings is 2. The van der Waals surface area contributed by atoms with E-state index in [0.29, 0.717) is 67.9 Å². The molecule has 12 heteroatoms. The van der Waals surface area contributed by atoms with Gasteiger partial charge in [0.15, 0.2) is 16.7 Å². The van der Waals surface area contributed by atoms with E-state index >= 15 is 0 Å².